The summed E-state index contributed by atoms with van der Waals surface area (Å²) >= 11 is 0. The van der Waals surface area contributed by atoms with E-state index in [0.29, 0.717) is 6.54 Å². The van der Waals surface area contributed by atoms with Gasteiger partial charge in [-0.15, -0.1) is 0 Å². The molecule has 60 valence electrons. The lowest BCUT2D eigenvalue weighted by atomic mass is 10.8. The van der Waals surface area contributed by atoms with Crippen molar-refractivity contribution in [2.45, 2.75) is 18.9 Å². The highest BCUT2D eigenvalue weighted by atomic mass is 32.2. The number of hydrogen-bond acceptors (Lipinski definition) is 2. The quantitative estimate of drug-likeness (QED) is 0.521. The number of nitrogens with one attached hydrogen (secondary N) is 1. The molecule has 0 unspecified atom stereocenters. The van der Waals surface area contributed by atoms with Crippen molar-refractivity contribution < 1.29 is 14.2 Å². The summed E-state index contributed by atoms with van der Waals surface area (Å²) in [5, 5.41) is 0. The van der Waals surface area contributed by atoms with E-state index in [1.165, 1.54) is 0 Å². The van der Waals surface area contributed by atoms with E-state index >= 15 is 0 Å². The Bertz CT molecular complexity index is 196. The van der Waals surface area contributed by atoms with Crippen LogP contribution in [0.3, 0.4) is 0 Å². The predicted octanol–water partition coefficient (Wildman–Crippen LogP) is -1.69. The van der Waals surface area contributed by atoms with Gasteiger partial charge in [0.2, 0.25) is 10.0 Å². The van der Waals surface area contributed by atoms with Gasteiger partial charge in [0.05, 0.1) is 6.54 Å². The first-order chi connectivity index (χ1) is 4.64. The van der Waals surface area contributed by atoms with Gasteiger partial charge in [-0.05, 0) is 12.8 Å². The molecule has 0 aromatic rings. The van der Waals surface area contributed by atoms with E-state index in [1.807, 2.05) is 0 Å². The third-order valence-electron chi connectivity index (χ3n) is 1.34. The van der Waals surface area contributed by atoms with Crippen LogP contribution in [-0.4, -0.2) is 26.8 Å². The molecule has 0 bridgehead atoms. The summed E-state index contributed by atoms with van der Waals surface area (Å²) in [5.41, 5.74) is 3.48. The first-order valence-corrected chi connectivity index (χ1v) is 5.08. The van der Waals surface area contributed by atoms with Crippen molar-refractivity contribution in [1.29, 1.82) is 0 Å². The average molecular weight is 165 g/mol. The molecule has 10 heavy (non-hydrogen) atoms. The zero-order valence-electron chi connectivity index (χ0n) is 5.84. The van der Waals surface area contributed by atoms with Crippen LogP contribution in [0, 0.1) is 0 Å². The Morgan fingerprint density at radius 1 is 1.50 bits per heavy atom. The van der Waals surface area contributed by atoms with E-state index in [9.17, 15) is 8.42 Å². The van der Waals surface area contributed by atoms with Gasteiger partial charge in [0.15, 0.2) is 0 Å². The minimum absolute atomic E-state index is 0.156. The standard InChI is InChI=1S/C5H12N2O2S/c6-3-4-10(8,9)7-5-1-2-5/h5,7H,1-4,6H2/p+1. The monoisotopic (exact) mass is 165 g/mol. The Hall–Kier alpha value is -0.130. The zero-order chi connectivity index (χ0) is 7.61. The van der Waals surface area contributed by atoms with Crippen molar-refractivity contribution in [3.05, 3.63) is 0 Å². The van der Waals surface area contributed by atoms with E-state index in [4.69, 9.17) is 0 Å². The molecule has 1 rings (SSSR count). The lowest BCUT2D eigenvalue weighted by Gasteiger charge is -2.00. The predicted molar refractivity (Wildman–Crippen MR) is 37.7 cm³/mol. The van der Waals surface area contributed by atoms with Gasteiger partial charge in [0.25, 0.3) is 0 Å². The average Bonchev–Trinajstić information content (AvgIpc) is 2.48. The number of hydrogen-bond donors (Lipinski definition) is 2. The van der Waals surface area contributed by atoms with Gasteiger partial charge in [-0.25, -0.2) is 13.1 Å². The lowest BCUT2D eigenvalue weighted by Crippen LogP contribution is -2.54. The fourth-order valence-corrected chi connectivity index (χ4v) is 1.95. The van der Waals surface area contributed by atoms with Gasteiger partial charge in [0.1, 0.15) is 5.75 Å². The van der Waals surface area contributed by atoms with Crippen LogP contribution in [0.25, 0.3) is 0 Å². The van der Waals surface area contributed by atoms with Crippen LogP contribution in [0.15, 0.2) is 0 Å². The summed E-state index contributed by atoms with van der Waals surface area (Å²) in [5.74, 6) is 0.156. The van der Waals surface area contributed by atoms with Crippen molar-refractivity contribution >= 4 is 10.0 Å². The van der Waals surface area contributed by atoms with Crippen molar-refractivity contribution in [3.8, 4) is 0 Å². The summed E-state index contributed by atoms with van der Waals surface area (Å²) < 4.78 is 24.4. The summed E-state index contributed by atoms with van der Waals surface area (Å²) in [6.07, 6.45) is 1.99. The highest BCUT2D eigenvalue weighted by Crippen LogP contribution is 2.19. The Labute approximate surface area is 60.8 Å². The Balaban J connectivity index is 2.34. The molecule has 4 N–H and O–H groups in total. The Morgan fingerprint density at radius 2 is 2.10 bits per heavy atom. The second-order valence-electron chi connectivity index (χ2n) is 2.56. The molecule has 0 saturated heterocycles. The maximum atomic E-state index is 10.9. The molecule has 4 nitrogen and oxygen atoms in total. The molecular weight excluding hydrogens is 152 g/mol. The second-order valence-corrected chi connectivity index (χ2v) is 4.44. The van der Waals surface area contributed by atoms with Crippen molar-refractivity contribution in [3.63, 3.8) is 0 Å². The number of quaternary nitrogens is 1. The van der Waals surface area contributed by atoms with Crippen LogP contribution in [0.2, 0.25) is 0 Å². The Morgan fingerprint density at radius 3 is 2.50 bits per heavy atom. The number of sulfonamides is 1. The van der Waals surface area contributed by atoms with E-state index < -0.39 is 10.0 Å². The van der Waals surface area contributed by atoms with Crippen molar-refractivity contribution in [2.75, 3.05) is 12.3 Å². The van der Waals surface area contributed by atoms with E-state index in [1.54, 1.807) is 0 Å². The molecule has 1 fully saturated rings. The topological polar surface area (TPSA) is 73.8 Å². The molecule has 1 aliphatic rings. The minimum Gasteiger partial charge on any atom is -0.357 e. The Kier molecular flexibility index (Phi) is 2.28. The molecule has 0 heterocycles. The van der Waals surface area contributed by atoms with Gasteiger partial charge in [-0.3, -0.25) is 0 Å². The summed E-state index contributed by atoms with van der Waals surface area (Å²) in [7, 11) is -2.98. The molecule has 0 aliphatic heterocycles. The molecule has 0 amide bonds. The maximum Gasteiger partial charge on any atom is 0.217 e. The largest absolute Gasteiger partial charge is 0.357 e. The van der Waals surface area contributed by atoms with E-state index in [2.05, 4.69) is 10.5 Å². The normalized spacial score (nSPS) is 19.3. The van der Waals surface area contributed by atoms with E-state index in [-0.39, 0.29) is 11.8 Å². The van der Waals surface area contributed by atoms with Crippen LogP contribution < -0.4 is 10.5 Å². The van der Waals surface area contributed by atoms with Crippen molar-refractivity contribution in [1.82, 2.24) is 4.72 Å². The first-order valence-electron chi connectivity index (χ1n) is 3.43. The van der Waals surface area contributed by atoms with E-state index in [0.717, 1.165) is 12.8 Å². The highest BCUT2D eigenvalue weighted by molar-refractivity contribution is 7.89. The zero-order valence-corrected chi connectivity index (χ0v) is 6.65. The van der Waals surface area contributed by atoms with Gasteiger partial charge in [-0.2, -0.15) is 0 Å². The third-order valence-corrected chi connectivity index (χ3v) is 2.86. The molecule has 0 aromatic heterocycles. The molecule has 1 saturated carbocycles. The molecule has 0 spiro atoms. The van der Waals surface area contributed by atoms with Crippen LogP contribution in [0.1, 0.15) is 12.8 Å². The summed E-state index contributed by atoms with van der Waals surface area (Å²) in [4.78, 5) is 0. The van der Waals surface area contributed by atoms with Gasteiger partial charge in [0, 0.05) is 6.04 Å². The highest BCUT2D eigenvalue weighted by Gasteiger charge is 2.26. The first kappa shape index (κ1) is 7.97. The van der Waals surface area contributed by atoms with Gasteiger partial charge < -0.3 is 5.73 Å². The lowest BCUT2D eigenvalue weighted by molar-refractivity contribution is -0.360. The minimum atomic E-state index is -2.98. The van der Waals surface area contributed by atoms with Gasteiger partial charge in [-0.1, -0.05) is 0 Å². The fourth-order valence-electron chi connectivity index (χ4n) is 0.704. The SMILES string of the molecule is [NH3+]CCS(=O)(=O)NC1CC1. The molecule has 0 radical (unpaired) electrons. The smallest absolute Gasteiger partial charge is 0.217 e. The fraction of sp³-hybridized carbons (Fsp3) is 1.00. The second kappa shape index (κ2) is 2.86. The third kappa shape index (κ3) is 2.64. The summed E-state index contributed by atoms with van der Waals surface area (Å²) in [6.45, 7) is 0.446. The van der Waals surface area contributed by atoms with Crippen LogP contribution in [0.5, 0.6) is 0 Å². The molecule has 5 heteroatoms. The molecule has 0 aromatic carbocycles. The molecule has 0 atom stereocenters. The number of rotatable bonds is 4. The van der Waals surface area contributed by atoms with Crippen LogP contribution >= 0.6 is 0 Å². The van der Waals surface area contributed by atoms with Crippen LogP contribution in [-0.2, 0) is 10.0 Å². The van der Waals surface area contributed by atoms with Gasteiger partial charge >= 0.3 is 0 Å². The van der Waals surface area contributed by atoms with Crippen molar-refractivity contribution in [2.24, 2.45) is 0 Å². The molecular formula is C5H13N2O2S+. The molecule has 1 aliphatic carbocycles. The summed E-state index contributed by atoms with van der Waals surface area (Å²) in [6, 6.07) is 0.233. The van der Waals surface area contributed by atoms with Crippen LogP contribution in [0.4, 0.5) is 0 Å². The maximum absolute atomic E-state index is 10.9.